The molecule has 0 aromatic heterocycles. The Hall–Kier alpha value is 0.290. The standard InChI is InChI=1S/C7H15Cl2N2O4P.2C4H11NO3/c8-2-4-10-16(13)11(5-3-9)7(15-12)1-6-14-16;2*5-4(1-6,2-7)3-8/h7,12H,1-6H2,(H,10,13);2*6-8H,1-3,5H2. The summed E-state index contributed by atoms with van der Waals surface area (Å²) in [6, 6.07) is 0. The van der Waals surface area contributed by atoms with Crippen molar-refractivity contribution in [3.8, 4) is 0 Å². The summed E-state index contributed by atoms with van der Waals surface area (Å²) in [6.45, 7) is -1.54. The fraction of sp³-hybridized carbons (Fsp3) is 1.00. The zero-order chi connectivity index (χ0) is 25.3. The van der Waals surface area contributed by atoms with E-state index in [1.54, 1.807) is 0 Å². The van der Waals surface area contributed by atoms with Gasteiger partial charge in [0, 0.05) is 31.3 Å². The van der Waals surface area contributed by atoms with Crippen LogP contribution >= 0.6 is 30.9 Å². The van der Waals surface area contributed by atoms with E-state index in [0.717, 1.165) is 0 Å². The van der Waals surface area contributed by atoms with Gasteiger partial charge in [0.2, 0.25) is 0 Å². The number of rotatable bonds is 12. The van der Waals surface area contributed by atoms with Gasteiger partial charge in [0.05, 0.1) is 57.3 Å². The van der Waals surface area contributed by atoms with Crippen molar-refractivity contribution in [1.82, 2.24) is 9.76 Å². The topological polar surface area (TPSA) is 244 Å². The van der Waals surface area contributed by atoms with Gasteiger partial charge in [-0.3, -0.25) is 9.82 Å². The van der Waals surface area contributed by atoms with Crippen LogP contribution in [-0.2, 0) is 14.0 Å². The van der Waals surface area contributed by atoms with Gasteiger partial charge in [0.15, 0.2) is 6.23 Å². The van der Waals surface area contributed by atoms with Crippen molar-refractivity contribution in [3.63, 3.8) is 0 Å². The van der Waals surface area contributed by atoms with E-state index in [1.165, 1.54) is 4.67 Å². The minimum atomic E-state index is -3.20. The SMILES string of the molecule is NC(CO)(CO)CO.NC(CO)(CO)CO.O=P1(NCCCl)OCCC(OO)N1CCCl. The molecular weight excluding hydrogens is 498 g/mol. The fourth-order valence-corrected chi connectivity index (χ4v) is 4.31. The van der Waals surface area contributed by atoms with Crippen molar-refractivity contribution in [2.45, 2.75) is 23.7 Å². The van der Waals surface area contributed by atoms with Crippen LogP contribution in [-0.4, -0.2) is 129 Å². The van der Waals surface area contributed by atoms with Gasteiger partial charge in [-0.25, -0.2) is 9.97 Å². The molecule has 17 heteroatoms. The highest BCUT2D eigenvalue weighted by molar-refractivity contribution is 7.54. The Labute approximate surface area is 197 Å². The van der Waals surface area contributed by atoms with Gasteiger partial charge in [-0.05, 0) is 0 Å². The van der Waals surface area contributed by atoms with E-state index >= 15 is 0 Å². The highest BCUT2D eigenvalue weighted by atomic mass is 35.5. The van der Waals surface area contributed by atoms with Crippen molar-refractivity contribution in [2.75, 3.05) is 71.1 Å². The van der Waals surface area contributed by atoms with Gasteiger partial charge in [0.1, 0.15) is 0 Å². The molecule has 2 unspecified atom stereocenters. The summed E-state index contributed by atoms with van der Waals surface area (Å²) in [5, 5.41) is 61.5. The van der Waals surface area contributed by atoms with E-state index in [9.17, 15) is 4.57 Å². The number of nitrogens with zero attached hydrogens (tertiary/aromatic N) is 1. The number of hydrogen-bond acceptors (Lipinski definition) is 12. The van der Waals surface area contributed by atoms with E-state index in [4.69, 9.17) is 75.1 Å². The highest BCUT2D eigenvalue weighted by Gasteiger charge is 2.41. The lowest BCUT2D eigenvalue weighted by Crippen LogP contribution is -2.50. The lowest BCUT2D eigenvalue weighted by atomic mass is 10.1. The maximum absolute atomic E-state index is 12.4. The molecule has 0 aromatic carbocycles. The molecule has 32 heavy (non-hydrogen) atoms. The van der Waals surface area contributed by atoms with Crippen molar-refractivity contribution < 1.29 is 49.9 Å². The van der Waals surface area contributed by atoms with Crippen LogP contribution in [0.2, 0.25) is 0 Å². The molecule has 1 aliphatic heterocycles. The fourth-order valence-electron chi connectivity index (χ4n) is 1.76. The highest BCUT2D eigenvalue weighted by Crippen LogP contribution is 2.51. The molecule has 1 heterocycles. The molecule has 1 rings (SSSR count). The van der Waals surface area contributed by atoms with Crippen LogP contribution in [0, 0.1) is 0 Å². The molecule has 196 valence electrons. The van der Waals surface area contributed by atoms with Crippen molar-refractivity contribution in [2.24, 2.45) is 11.5 Å². The summed E-state index contributed by atoms with van der Waals surface area (Å²) < 4.78 is 19.0. The van der Waals surface area contributed by atoms with Gasteiger partial charge in [-0.2, -0.15) is 4.67 Å². The lowest BCUT2D eigenvalue weighted by Gasteiger charge is -2.38. The van der Waals surface area contributed by atoms with Gasteiger partial charge < -0.3 is 46.6 Å². The molecule has 1 aliphatic rings. The lowest BCUT2D eigenvalue weighted by molar-refractivity contribution is -0.308. The molecule has 0 radical (unpaired) electrons. The Morgan fingerprint density at radius 2 is 1.41 bits per heavy atom. The summed E-state index contributed by atoms with van der Waals surface area (Å²) in [5.74, 6) is 0.572. The molecule has 0 amide bonds. The van der Waals surface area contributed by atoms with Gasteiger partial charge in [0.25, 0.3) is 0 Å². The van der Waals surface area contributed by atoms with Crippen molar-refractivity contribution in [1.29, 1.82) is 0 Å². The smallest absolute Gasteiger partial charge is 0.345 e. The first-order valence-corrected chi connectivity index (χ1v) is 12.1. The number of aliphatic hydroxyl groups is 6. The van der Waals surface area contributed by atoms with Crippen LogP contribution in [0.3, 0.4) is 0 Å². The summed E-state index contributed by atoms with van der Waals surface area (Å²) in [6.07, 6.45) is -0.235. The average molecular weight is 535 g/mol. The average Bonchev–Trinajstić information content (AvgIpc) is 2.84. The Balaban J connectivity index is 0. The molecule has 14 nitrogen and oxygen atoms in total. The summed E-state index contributed by atoms with van der Waals surface area (Å²) in [4.78, 5) is 4.27. The third kappa shape index (κ3) is 12.7. The Kier molecular flexibility index (Phi) is 20.0. The van der Waals surface area contributed by atoms with Crippen molar-refractivity contribution in [3.05, 3.63) is 0 Å². The maximum Gasteiger partial charge on any atom is 0.345 e. The Morgan fingerprint density at radius 1 is 0.969 bits per heavy atom. The minimum Gasteiger partial charge on any atom is -0.394 e. The van der Waals surface area contributed by atoms with Crippen LogP contribution in [0.1, 0.15) is 6.42 Å². The first kappa shape index (κ1) is 34.5. The zero-order valence-corrected chi connectivity index (χ0v) is 20.1. The van der Waals surface area contributed by atoms with Crippen LogP contribution < -0.4 is 16.6 Å². The molecule has 0 saturated carbocycles. The van der Waals surface area contributed by atoms with E-state index < -0.39 is 64.6 Å². The van der Waals surface area contributed by atoms with E-state index in [2.05, 4.69) is 9.97 Å². The number of hydrogen-bond donors (Lipinski definition) is 10. The number of nitrogens with two attached hydrogens (primary N) is 2. The van der Waals surface area contributed by atoms with Gasteiger partial charge in [-0.15, -0.1) is 23.2 Å². The molecule has 0 aromatic rings. The molecule has 0 bridgehead atoms. The predicted octanol–water partition coefficient (Wildman–Crippen LogP) is -2.98. The number of aliphatic hydroxyl groups excluding tert-OH is 6. The predicted molar refractivity (Wildman–Crippen MR) is 118 cm³/mol. The third-order valence-electron chi connectivity index (χ3n) is 4.03. The molecule has 2 atom stereocenters. The number of halogens is 2. The van der Waals surface area contributed by atoms with E-state index in [-0.39, 0.29) is 12.5 Å². The molecule has 1 fully saturated rings. The monoisotopic (exact) mass is 534 g/mol. The maximum atomic E-state index is 12.4. The Bertz CT molecular complexity index is 472. The summed E-state index contributed by atoms with van der Waals surface area (Å²) in [7, 11) is -3.20. The summed E-state index contributed by atoms with van der Waals surface area (Å²) in [5.41, 5.74) is 7.88. The van der Waals surface area contributed by atoms with Crippen molar-refractivity contribution >= 4 is 30.9 Å². The molecule has 12 N–H and O–H groups in total. The second-order valence-electron chi connectivity index (χ2n) is 6.82. The first-order valence-electron chi connectivity index (χ1n) is 9.46. The molecule has 0 spiro atoms. The Morgan fingerprint density at radius 3 is 1.69 bits per heavy atom. The number of nitrogens with one attached hydrogen (secondary N) is 1. The van der Waals surface area contributed by atoms with E-state index in [0.29, 0.717) is 25.4 Å². The second kappa shape index (κ2) is 18.6. The van der Waals surface area contributed by atoms with Crippen LogP contribution in [0.5, 0.6) is 0 Å². The third-order valence-corrected chi connectivity index (χ3v) is 6.68. The van der Waals surface area contributed by atoms with Gasteiger partial charge >= 0.3 is 7.67 Å². The summed E-state index contributed by atoms with van der Waals surface area (Å²) >= 11 is 11.1. The molecule has 0 aliphatic carbocycles. The van der Waals surface area contributed by atoms with Crippen LogP contribution in [0.4, 0.5) is 0 Å². The van der Waals surface area contributed by atoms with Crippen LogP contribution in [0.25, 0.3) is 0 Å². The quantitative estimate of drug-likeness (QED) is 0.0519. The zero-order valence-electron chi connectivity index (χ0n) is 17.7. The first-order chi connectivity index (χ1) is 15.0. The number of alkyl halides is 2. The largest absolute Gasteiger partial charge is 0.394 e. The van der Waals surface area contributed by atoms with Crippen LogP contribution in [0.15, 0.2) is 0 Å². The molecular formula is C15H37Cl2N4O10P. The van der Waals surface area contributed by atoms with E-state index in [1.807, 2.05) is 0 Å². The van der Waals surface area contributed by atoms with Gasteiger partial charge in [-0.1, -0.05) is 0 Å². The second-order valence-corrected chi connectivity index (χ2v) is 9.71. The molecule has 1 saturated heterocycles. The normalized spacial score (nSPS) is 21.9. The minimum absolute atomic E-state index is 0.247.